The second-order valence-electron chi connectivity index (χ2n) is 5.36. The molecule has 0 unspecified atom stereocenters. The van der Waals surface area contributed by atoms with Gasteiger partial charge >= 0.3 is 0 Å². The van der Waals surface area contributed by atoms with Crippen molar-refractivity contribution in [3.05, 3.63) is 88.4 Å². The third-order valence-corrected chi connectivity index (χ3v) is 4.09. The summed E-state index contributed by atoms with van der Waals surface area (Å²) < 4.78 is 0. The summed E-state index contributed by atoms with van der Waals surface area (Å²) in [7, 11) is 0. The number of hydrogen-bond donors (Lipinski definition) is 1. The predicted octanol–water partition coefficient (Wildman–Crippen LogP) is 5.25. The average Bonchev–Trinajstić information content (AvgIpc) is 2.55. The Morgan fingerprint density at radius 2 is 1.61 bits per heavy atom. The highest BCUT2D eigenvalue weighted by atomic mass is 35.5. The molecule has 3 aromatic rings. The van der Waals surface area contributed by atoms with Crippen molar-refractivity contribution in [3.8, 4) is 16.9 Å². The van der Waals surface area contributed by atoms with Gasteiger partial charge in [-0.1, -0.05) is 66.2 Å². The minimum atomic E-state index is -0.189. The summed E-state index contributed by atoms with van der Waals surface area (Å²) in [5.74, 6) is -0.222. The van der Waals surface area contributed by atoms with Gasteiger partial charge in [-0.05, 0) is 30.2 Å². The van der Waals surface area contributed by atoms with Gasteiger partial charge in [0.2, 0.25) is 0 Å². The Balaban J connectivity index is 2.09. The maximum Gasteiger partial charge on any atom is 0.197 e. The van der Waals surface area contributed by atoms with Gasteiger partial charge in [0.05, 0.1) is 5.56 Å². The van der Waals surface area contributed by atoms with Crippen LogP contribution in [0.4, 0.5) is 0 Å². The van der Waals surface area contributed by atoms with Gasteiger partial charge in [0.1, 0.15) is 5.75 Å². The van der Waals surface area contributed by atoms with E-state index in [1.807, 2.05) is 37.3 Å². The van der Waals surface area contributed by atoms with Crippen LogP contribution in [0, 0.1) is 6.92 Å². The van der Waals surface area contributed by atoms with Crippen LogP contribution in [0.25, 0.3) is 11.1 Å². The van der Waals surface area contributed by atoms with Crippen LogP contribution in [0.3, 0.4) is 0 Å². The van der Waals surface area contributed by atoms with Gasteiger partial charge in [-0.25, -0.2) is 0 Å². The van der Waals surface area contributed by atoms with E-state index < -0.39 is 0 Å². The van der Waals surface area contributed by atoms with Gasteiger partial charge in [-0.2, -0.15) is 0 Å². The topological polar surface area (TPSA) is 37.3 Å². The molecule has 0 radical (unpaired) electrons. The molecule has 2 nitrogen and oxygen atoms in total. The second-order valence-corrected chi connectivity index (χ2v) is 5.77. The first kappa shape index (κ1) is 15.3. The van der Waals surface area contributed by atoms with E-state index in [4.69, 9.17) is 11.6 Å². The molecular weight excluding hydrogens is 308 g/mol. The van der Waals surface area contributed by atoms with Crippen LogP contribution in [-0.2, 0) is 0 Å². The molecule has 0 atom stereocenters. The molecule has 114 valence electrons. The van der Waals surface area contributed by atoms with Crippen molar-refractivity contribution >= 4 is 17.4 Å². The third kappa shape index (κ3) is 2.99. The van der Waals surface area contributed by atoms with Gasteiger partial charge in [0, 0.05) is 16.1 Å². The molecule has 1 N–H and O–H groups in total. The van der Waals surface area contributed by atoms with Crippen molar-refractivity contribution in [3.63, 3.8) is 0 Å². The number of aromatic hydroxyl groups is 1. The number of ketones is 1. The Morgan fingerprint density at radius 3 is 2.26 bits per heavy atom. The molecular formula is C20H15ClO2. The van der Waals surface area contributed by atoms with Crippen molar-refractivity contribution in [2.24, 2.45) is 0 Å². The van der Waals surface area contributed by atoms with Gasteiger partial charge in [0.15, 0.2) is 5.78 Å². The van der Waals surface area contributed by atoms with E-state index in [2.05, 4.69) is 0 Å². The number of carbonyl (C=O) groups is 1. The van der Waals surface area contributed by atoms with E-state index in [1.54, 1.807) is 36.4 Å². The summed E-state index contributed by atoms with van der Waals surface area (Å²) in [6, 6.07) is 19.8. The molecule has 3 aromatic carbocycles. The number of hydrogen-bond acceptors (Lipinski definition) is 2. The molecule has 0 fully saturated rings. The normalized spacial score (nSPS) is 10.5. The average molecular weight is 323 g/mol. The highest BCUT2D eigenvalue weighted by Gasteiger charge is 2.18. The van der Waals surface area contributed by atoms with Crippen LogP contribution >= 0.6 is 11.6 Å². The Hall–Kier alpha value is -2.58. The lowest BCUT2D eigenvalue weighted by atomic mass is 9.94. The molecule has 0 spiro atoms. The molecule has 0 heterocycles. The molecule has 23 heavy (non-hydrogen) atoms. The summed E-state index contributed by atoms with van der Waals surface area (Å²) in [6.45, 7) is 1.82. The largest absolute Gasteiger partial charge is 0.507 e. The Bertz CT molecular complexity index is 847. The smallest absolute Gasteiger partial charge is 0.197 e. The fourth-order valence-corrected chi connectivity index (χ4v) is 2.89. The van der Waals surface area contributed by atoms with Crippen molar-refractivity contribution in [1.29, 1.82) is 0 Å². The van der Waals surface area contributed by atoms with E-state index in [-0.39, 0.29) is 11.5 Å². The molecule has 3 heteroatoms. The fourth-order valence-electron chi connectivity index (χ4n) is 2.65. The van der Waals surface area contributed by atoms with E-state index in [9.17, 15) is 9.90 Å². The summed E-state index contributed by atoms with van der Waals surface area (Å²) in [5.41, 5.74) is 3.21. The molecule has 3 rings (SSSR count). The van der Waals surface area contributed by atoms with Crippen molar-refractivity contribution in [1.82, 2.24) is 0 Å². The van der Waals surface area contributed by atoms with Crippen LogP contribution in [0.15, 0.2) is 66.7 Å². The number of rotatable bonds is 3. The van der Waals surface area contributed by atoms with Crippen molar-refractivity contribution < 1.29 is 9.90 Å². The number of phenols is 1. The maximum absolute atomic E-state index is 12.6. The van der Waals surface area contributed by atoms with Crippen LogP contribution < -0.4 is 0 Å². The molecule has 0 bridgehead atoms. The monoisotopic (exact) mass is 322 g/mol. The predicted molar refractivity (Wildman–Crippen MR) is 93.2 cm³/mol. The van der Waals surface area contributed by atoms with Gasteiger partial charge in [0.25, 0.3) is 0 Å². The minimum absolute atomic E-state index is 0.0335. The van der Waals surface area contributed by atoms with Crippen LogP contribution in [-0.4, -0.2) is 10.9 Å². The number of carbonyl (C=O) groups excluding carboxylic acids is 1. The first-order valence-corrected chi connectivity index (χ1v) is 7.64. The first-order chi connectivity index (χ1) is 11.1. The van der Waals surface area contributed by atoms with Crippen molar-refractivity contribution in [2.45, 2.75) is 6.92 Å². The molecule has 0 aliphatic carbocycles. The van der Waals surface area contributed by atoms with Gasteiger partial charge in [-0.15, -0.1) is 0 Å². The lowest BCUT2D eigenvalue weighted by Gasteiger charge is -2.12. The minimum Gasteiger partial charge on any atom is -0.507 e. The SMILES string of the molecule is Cc1cc(-c2ccccc2Cl)cc(O)c1C(=O)c1ccccc1. The van der Waals surface area contributed by atoms with E-state index in [0.29, 0.717) is 21.7 Å². The summed E-state index contributed by atoms with van der Waals surface area (Å²) in [5, 5.41) is 11.0. The standard InChI is InChI=1S/C20H15ClO2/c1-13-11-15(16-9-5-6-10-17(16)21)12-18(22)19(13)20(23)14-7-3-2-4-8-14/h2-12,22H,1H3. The van der Waals surface area contributed by atoms with Gasteiger partial charge < -0.3 is 5.11 Å². The highest BCUT2D eigenvalue weighted by Crippen LogP contribution is 2.34. The molecule has 0 aliphatic rings. The van der Waals surface area contributed by atoms with Crippen LogP contribution in [0.5, 0.6) is 5.75 Å². The van der Waals surface area contributed by atoms with E-state index >= 15 is 0 Å². The highest BCUT2D eigenvalue weighted by molar-refractivity contribution is 6.33. The zero-order valence-electron chi connectivity index (χ0n) is 12.6. The summed E-state index contributed by atoms with van der Waals surface area (Å²) >= 11 is 6.21. The van der Waals surface area contributed by atoms with E-state index in [1.165, 1.54) is 0 Å². The first-order valence-electron chi connectivity index (χ1n) is 7.26. The Kier molecular flexibility index (Phi) is 4.18. The number of phenolic OH excluding ortho intramolecular Hbond substituents is 1. The van der Waals surface area contributed by atoms with Crippen LogP contribution in [0.1, 0.15) is 21.5 Å². The quantitative estimate of drug-likeness (QED) is 0.668. The molecule has 0 aromatic heterocycles. The van der Waals surface area contributed by atoms with Crippen molar-refractivity contribution in [2.75, 3.05) is 0 Å². The van der Waals surface area contributed by atoms with Gasteiger partial charge in [-0.3, -0.25) is 4.79 Å². The lowest BCUT2D eigenvalue weighted by Crippen LogP contribution is -2.04. The molecule has 0 amide bonds. The maximum atomic E-state index is 12.6. The molecule has 0 saturated carbocycles. The lowest BCUT2D eigenvalue weighted by molar-refractivity contribution is 0.103. The number of halogens is 1. The second kappa shape index (κ2) is 6.27. The zero-order valence-corrected chi connectivity index (χ0v) is 13.3. The van der Waals surface area contributed by atoms with Crippen LogP contribution in [0.2, 0.25) is 5.02 Å². The Labute approximate surface area is 140 Å². The fraction of sp³-hybridized carbons (Fsp3) is 0.0500. The summed E-state index contributed by atoms with van der Waals surface area (Å²) in [4.78, 5) is 12.6. The number of benzene rings is 3. The van der Waals surface area contributed by atoms with E-state index in [0.717, 1.165) is 11.1 Å². The number of aryl methyl sites for hydroxylation is 1. The summed E-state index contributed by atoms with van der Waals surface area (Å²) in [6.07, 6.45) is 0. The molecule has 0 aliphatic heterocycles. The Morgan fingerprint density at radius 1 is 0.957 bits per heavy atom. The third-order valence-electron chi connectivity index (χ3n) is 3.76. The zero-order chi connectivity index (χ0) is 16.4. The molecule has 0 saturated heterocycles.